The van der Waals surface area contributed by atoms with Crippen molar-refractivity contribution in [2.45, 2.75) is 19.4 Å². The molecular weight excluding hydrogens is 150 g/mol. The Morgan fingerprint density at radius 2 is 2.42 bits per heavy atom. The lowest BCUT2D eigenvalue weighted by Crippen LogP contribution is -2.17. The second-order valence-corrected chi connectivity index (χ2v) is 3.78. The van der Waals surface area contributed by atoms with Crippen LogP contribution in [0.5, 0.6) is 0 Å². The summed E-state index contributed by atoms with van der Waals surface area (Å²) >= 11 is 0. The first-order valence-electron chi connectivity index (χ1n) is 4.43. The second kappa shape index (κ2) is 2.59. The largest absolute Gasteiger partial charge is 0.322 e. The van der Waals surface area contributed by atoms with Crippen molar-refractivity contribution in [3.8, 4) is 0 Å². The van der Waals surface area contributed by atoms with E-state index in [9.17, 15) is 0 Å². The normalized spacial score (nSPS) is 30.2. The third-order valence-electron chi connectivity index (χ3n) is 2.83. The van der Waals surface area contributed by atoms with Crippen LogP contribution in [0.4, 0.5) is 0 Å². The van der Waals surface area contributed by atoms with Crippen molar-refractivity contribution in [2.75, 3.05) is 0 Å². The maximum atomic E-state index is 6.08. The first kappa shape index (κ1) is 7.80. The SMILES string of the molecule is CC1CC1C(N)c1ccnn1C. The average Bonchev–Trinajstić information content (AvgIpc) is 2.59. The van der Waals surface area contributed by atoms with E-state index in [1.54, 1.807) is 0 Å². The molecule has 2 N–H and O–H groups in total. The van der Waals surface area contributed by atoms with Gasteiger partial charge in [0, 0.05) is 19.3 Å². The highest BCUT2D eigenvalue weighted by Gasteiger charge is 2.39. The highest BCUT2D eigenvalue weighted by molar-refractivity contribution is 5.11. The predicted octanol–water partition coefficient (Wildman–Crippen LogP) is 1.08. The van der Waals surface area contributed by atoms with Crippen LogP contribution >= 0.6 is 0 Å². The summed E-state index contributed by atoms with van der Waals surface area (Å²) in [7, 11) is 1.95. The molecular formula is C9H15N3. The first-order valence-corrected chi connectivity index (χ1v) is 4.43. The number of nitrogens with two attached hydrogens (primary N) is 1. The molecule has 3 atom stereocenters. The molecule has 1 aromatic rings. The second-order valence-electron chi connectivity index (χ2n) is 3.78. The fraction of sp³-hybridized carbons (Fsp3) is 0.667. The Morgan fingerprint density at radius 3 is 2.83 bits per heavy atom. The Morgan fingerprint density at radius 1 is 1.75 bits per heavy atom. The maximum absolute atomic E-state index is 6.08. The van der Waals surface area contributed by atoms with Gasteiger partial charge < -0.3 is 5.73 Å². The Kier molecular flexibility index (Phi) is 1.68. The molecule has 0 saturated heterocycles. The van der Waals surface area contributed by atoms with E-state index in [4.69, 9.17) is 5.73 Å². The Hall–Kier alpha value is -0.830. The zero-order valence-corrected chi connectivity index (χ0v) is 7.57. The summed E-state index contributed by atoms with van der Waals surface area (Å²) in [6, 6.07) is 2.20. The van der Waals surface area contributed by atoms with E-state index in [-0.39, 0.29) is 6.04 Å². The smallest absolute Gasteiger partial charge is 0.0551 e. The van der Waals surface area contributed by atoms with Gasteiger partial charge >= 0.3 is 0 Å². The van der Waals surface area contributed by atoms with Crippen molar-refractivity contribution >= 4 is 0 Å². The Balaban J connectivity index is 2.14. The maximum Gasteiger partial charge on any atom is 0.0551 e. The van der Waals surface area contributed by atoms with Gasteiger partial charge in [-0.25, -0.2) is 0 Å². The van der Waals surface area contributed by atoms with Gasteiger partial charge in [0.05, 0.1) is 5.69 Å². The van der Waals surface area contributed by atoms with Crippen molar-refractivity contribution in [3.63, 3.8) is 0 Å². The summed E-state index contributed by atoms with van der Waals surface area (Å²) in [5.41, 5.74) is 7.23. The summed E-state index contributed by atoms with van der Waals surface area (Å²) in [4.78, 5) is 0. The topological polar surface area (TPSA) is 43.8 Å². The molecule has 3 nitrogen and oxygen atoms in total. The minimum absolute atomic E-state index is 0.187. The average molecular weight is 165 g/mol. The fourth-order valence-corrected chi connectivity index (χ4v) is 1.78. The molecule has 1 fully saturated rings. The molecule has 0 aliphatic heterocycles. The summed E-state index contributed by atoms with van der Waals surface area (Å²) in [5.74, 6) is 1.48. The molecule has 66 valence electrons. The lowest BCUT2D eigenvalue weighted by molar-refractivity contribution is 0.541. The number of aryl methyl sites for hydroxylation is 1. The van der Waals surface area contributed by atoms with Crippen molar-refractivity contribution in [1.82, 2.24) is 9.78 Å². The van der Waals surface area contributed by atoms with Gasteiger partial charge in [-0.2, -0.15) is 5.10 Å². The van der Waals surface area contributed by atoms with Crippen LogP contribution < -0.4 is 5.73 Å². The first-order chi connectivity index (χ1) is 5.70. The molecule has 12 heavy (non-hydrogen) atoms. The predicted molar refractivity (Wildman–Crippen MR) is 47.4 cm³/mol. The standard InChI is InChI=1S/C9H15N3/c1-6-5-7(6)9(10)8-3-4-11-12(8)2/h3-4,6-7,9H,5,10H2,1-2H3. The molecule has 0 aromatic carbocycles. The minimum Gasteiger partial charge on any atom is -0.322 e. The van der Waals surface area contributed by atoms with Gasteiger partial charge in [-0.15, -0.1) is 0 Å². The molecule has 0 radical (unpaired) electrons. The van der Waals surface area contributed by atoms with Crippen LogP contribution in [0.2, 0.25) is 0 Å². The lowest BCUT2D eigenvalue weighted by Gasteiger charge is -2.10. The lowest BCUT2D eigenvalue weighted by atomic mass is 10.1. The summed E-state index contributed by atoms with van der Waals surface area (Å²) in [6.07, 6.45) is 3.08. The van der Waals surface area contributed by atoms with Crippen molar-refractivity contribution in [3.05, 3.63) is 18.0 Å². The van der Waals surface area contributed by atoms with Gasteiger partial charge in [0.2, 0.25) is 0 Å². The van der Waals surface area contributed by atoms with E-state index in [0.29, 0.717) is 5.92 Å². The molecule has 0 spiro atoms. The van der Waals surface area contributed by atoms with E-state index in [2.05, 4.69) is 12.0 Å². The molecule has 0 bridgehead atoms. The van der Waals surface area contributed by atoms with Gasteiger partial charge in [-0.3, -0.25) is 4.68 Å². The van der Waals surface area contributed by atoms with Gasteiger partial charge in [-0.1, -0.05) is 6.92 Å². The monoisotopic (exact) mass is 165 g/mol. The third-order valence-corrected chi connectivity index (χ3v) is 2.83. The van der Waals surface area contributed by atoms with Crippen LogP contribution in [0.3, 0.4) is 0 Å². The zero-order valence-electron chi connectivity index (χ0n) is 7.57. The number of hydrogen-bond acceptors (Lipinski definition) is 2. The molecule has 1 aliphatic rings. The molecule has 2 rings (SSSR count). The van der Waals surface area contributed by atoms with Crippen LogP contribution in [0, 0.1) is 11.8 Å². The van der Waals surface area contributed by atoms with E-state index < -0.39 is 0 Å². The number of hydrogen-bond donors (Lipinski definition) is 1. The highest BCUT2D eigenvalue weighted by atomic mass is 15.3. The minimum atomic E-state index is 0.187. The van der Waals surface area contributed by atoms with E-state index in [0.717, 1.165) is 11.6 Å². The molecule has 1 heterocycles. The molecule has 1 aliphatic carbocycles. The van der Waals surface area contributed by atoms with Gasteiger partial charge in [0.15, 0.2) is 0 Å². The van der Waals surface area contributed by atoms with Crippen molar-refractivity contribution in [2.24, 2.45) is 24.6 Å². The summed E-state index contributed by atoms with van der Waals surface area (Å²) < 4.78 is 1.87. The molecule has 3 heteroatoms. The summed E-state index contributed by atoms with van der Waals surface area (Å²) in [6.45, 7) is 2.25. The van der Waals surface area contributed by atoms with Crippen LogP contribution in [0.15, 0.2) is 12.3 Å². The quantitative estimate of drug-likeness (QED) is 0.712. The molecule has 3 unspecified atom stereocenters. The molecule has 1 aromatic heterocycles. The van der Waals surface area contributed by atoms with Gasteiger partial charge in [0.1, 0.15) is 0 Å². The van der Waals surface area contributed by atoms with Gasteiger partial charge in [0.25, 0.3) is 0 Å². The number of rotatable bonds is 2. The van der Waals surface area contributed by atoms with E-state index in [1.165, 1.54) is 6.42 Å². The van der Waals surface area contributed by atoms with Crippen LogP contribution in [-0.4, -0.2) is 9.78 Å². The fourth-order valence-electron chi connectivity index (χ4n) is 1.78. The Labute approximate surface area is 72.6 Å². The van der Waals surface area contributed by atoms with Gasteiger partial charge in [-0.05, 0) is 24.3 Å². The van der Waals surface area contributed by atoms with Crippen LogP contribution in [-0.2, 0) is 7.05 Å². The molecule has 0 amide bonds. The van der Waals surface area contributed by atoms with Crippen molar-refractivity contribution < 1.29 is 0 Å². The van der Waals surface area contributed by atoms with Crippen LogP contribution in [0.25, 0.3) is 0 Å². The van der Waals surface area contributed by atoms with Crippen LogP contribution in [0.1, 0.15) is 25.1 Å². The molecule has 1 saturated carbocycles. The zero-order chi connectivity index (χ0) is 8.72. The number of aromatic nitrogens is 2. The van der Waals surface area contributed by atoms with Crippen molar-refractivity contribution in [1.29, 1.82) is 0 Å². The highest BCUT2D eigenvalue weighted by Crippen LogP contribution is 2.45. The third kappa shape index (κ3) is 1.14. The Bertz CT molecular complexity index is 279. The van der Waals surface area contributed by atoms with E-state index in [1.807, 2.05) is 24.0 Å². The number of nitrogens with zero attached hydrogens (tertiary/aromatic N) is 2. The summed E-state index contributed by atoms with van der Waals surface area (Å²) in [5, 5.41) is 4.11. The van der Waals surface area contributed by atoms with E-state index >= 15 is 0 Å².